The van der Waals surface area contributed by atoms with Crippen LogP contribution in [0.3, 0.4) is 0 Å². The molecule has 2 aromatic rings. The summed E-state index contributed by atoms with van der Waals surface area (Å²) in [4.78, 5) is 15.8. The first-order chi connectivity index (χ1) is 16.0. The van der Waals surface area contributed by atoms with Gasteiger partial charge in [-0.05, 0) is 25.8 Å². The Morgan fingerprint density at radius 3 is 3.00 bits per heavy atom. The molecule has 3 atom stereocenters. The number of para-hydroxylation sites is 1. The van der Waals surface area contributed by atoms with Crippen molar-refractivity contribution in [1.82, 2.24) is 9.88 Å². The molecule has 2 aliphatic rings. The van der Waals surface area contributed by atoms with Crippen LogP contribution in [0.15, 0.2) is 30.4 Å². The fourth-order valence-electron chi connectivity index (χ4n) is 2.06. The molecule has 1 unspecified atom stereocenters. The highest BCUT2D eigenvalue weighted by molar-refractivity contribution is 6.04. The molecule has 0 aliphatic carbocycles. The smallest absolute Gasteiger partial charge is 0.340 e. The lowest BCUT2D eigenvalue weighted by Gasteiger charge is -2.35. The van der Waals surface area contributed by atoms with Crippen molar-refractivity contribution in [3.05, 3.63) is 35.9 Å². The third-order valence-electron chi connectivity index (χ3n) is 3.16. The maximum Gasteiger partial charge on any atom is 0.340 e. The molecule has 0 amide bonds. The molecular formula is C17H20N2O2. The van der Waals surface area contributed by atoms with E-state index in [0.717, 1.165) is 13.1 Å². The number of H-pyrrole nitrogens is 1. The van der Waals surface area contributed by atoms with E-state index in [4.69, 9.17) is 25.3 Å². The predicted molar refractivity (Wildman–Crippen MR) is 81.3 cm³/mol. The molecule has 0 radical (unpaired) electrons. The van der Waals surface area contributed by atoms with Crippen LogP contribution in [0.2, 0.25) is 0 Å². The summed E-state index contributed by atoms with van der Waals surface area (Å²) in [6.07, 6.45) is -19.4. The first-order valence-corrected chi connectivity index (χ1v) is 6.08. The Hall–Kier alpha value is -1.81. The maximum atomic E-state index is 13.2. The molecule has 0 spiro atoms. The van der Waals surface area contributed by atoms with Crippen molar-refractivity contribution in [1.29, 1.82) is 0 Å². The minimum absolute atomic E-state index is 0.233. The highest BCUT2D eigenvalue weighted by Gasteiger charge is 2.40. The fourth-order valence-corrected chi connectivity index (χ4v) is 2.06. The van der Waals surface area contributed by atoms with Gasteiger partial charge in [-0.1, -0.05) is 18.2 Å². The van der Waals surface area contributed by atoms with Crippen LogP contribution in [0.4, 0.5) is 0 Å². The number of aromatic nitrogens is 1. The molecule has 21 heavy (non-hydrogen) atoms. The van der Waals surface area contributed by atoms with Crippen LogP contribution in [-0.2, 0) is 4.74 Å². The van der Waals surface area contributed by atoms with Crippen LogP contribution in [0.1, 0.15) is 56.4 Å². The summed E-state index contributed by atoms with van der Waals surface area (Å²) in [6, 6.07) is -7.51. The molecule has 2 bridgehead atoms. The molecule has 3 heterocycles. The number of benzene rings is 1. The average Bonchev–Trinajstić information content (AvgIpc) is 3.12. The van der Waals surface area contributed by atoms with E-state index in [1.807, 2.05) is 0 Å². The standard InChI is InChI=1S/C17H20N2O2/c1-19-11-6-7-12(19)9-13(8-11)21-17(20)15-10-18-16-5-3-2-4-14(15)16/h2-5,10-13,18H,6-9H2,1H3/t11-,12+,13?/i2D,3D,5D,6D2,7D2,8D2,9D2,10D,11D,12D,13D. The lowest BCUT2D eigenvalue weighted by atomic mass is 10.0. The van der Waals surface area contributed by atoms with Gasteiger partial charge in [-0.2, -0.15) is 0 Å². The zero-order valence-electron chi connectivity index (χ0n) is 25.8. The number of hydrogen-bond acceptors (Lipinski definition) is 3. The second kappa shape index (κ2) is 4.88. The van der Waals surface area contributed by atoms with Gasteiger partial charge in [0.1, 0.15) is 6.08 Å². The Morgan fingerprint density at radius 1 is 1.48 bits per heavy atom. The normalized spacial score (nSPS) is 59.4. The molecule has 1 aromatic heterocycles. The van der Waals surface area contributed by atoms with Gasteiger partial charge < -0.3 is 14.6 Å². The van der Waals surface area contributed by atoms with Gasteiger partial charge in [-0.15, -0.1) is 0 Å². The first-order valence-electron chi connectivity index (χ1n) is 13.6. The third-order valence-corrected chi connectivity index (χ3v) is 3.16. The summed E-state index contributed by atoms with van der Waals surface area (Å²) >= 11 is 0. The van der Waals surface area contributed by atoms with E-state index in [9.17, 15) is 4.79 Å². The molecule has 4 nitrogen and oxygen atoms in total. The van der Waals surface area contributed by atoms with Gasteiger partial charge >= 0.3 is 5.97 Å². The molecule has 4 heteroatoms. The maximum absolute atomic E-state index is 13.2. The summed E-state index contributed by atoms with van der Waals surface area (Å²) in [5.41, 5.74) is -0.983. The Labute approximate surface area is 145 Å². The van der Waals surface area contributed by atoms with Gasteiger partial charge in [0.15, 0.2) is 0 Å². The van der Waals surface area contributed by atoms with E-state index in [1.54, 1.807) is 0 Å². The van der Waals surface area contributed by atoms with E-state index in [-0.39, 0.29) is 15.8 Å². The fraction of sp³-hybridized carbons (Fsp3) is 0.471. The second-order valence-electron chi connectivity index (χ2n) is 4.43. The van der Waals surface area contributed by atoms with Gasteiger partial charge in [-0.25, -0.2) is 4.79 Å². The van der Waals surface area contributed by atoms with Crippen molar-refractivity contribution in [3.8, 4) is 0 Å². The van der Waals surface area contributed by atoms with Crippen LogP contribution in [0, 0.1) is 0 Å². The number of ether oxygens (including phenoxy) is 1. The van der Waals surface area contributed by atoms with Crippen molar-refractivity contribution in [2.24, 2.45) is 0 Å². The van der Waals surface area contributed by atoms with Crippen molar-refractivity contribution >= 4 is 16.9 Å². The topological polar surface area (TPSA) is 45.3 Å². The molecule has 4 rings (SSSR count). The van der Waals surface area contributed by atoms with E-state index in [1.165, 1.54) is 0 Å². The number of hydrogen-bond donors (Lipinski definition) is 1. The van der Waals surface area contributed by atoms with Crippen molar-refractivity contribution in [2.75, 3.05) is 7.05 Å². The Kier molecular flexibility index (Phi) is 1.07. The molecule has 1 N–H and O–H groups in total. The van der Waals surface area contributed by atoms with Gasteiger partial charge in [-0.3, -0.25) is 0 Å². The number of fused-ring (bicyclic) bond motifs is 3. The van der Waals surface area contributed by atoms with E-state index in [2.05, 4.69) is 4.98 Å². The van der Waals surface area contributed by atoms with E-state index < -0.39 is 79.4 Å². The van der Waals surface area contributed by atoms with E-state index in [0.29, 0.717) is 0 Å². The second-order valence-corrected chi connectivity index (χ2v) is 4.43. The molecule has 2 saturated heterocycles. The zero-order chi connectivity index (χ0) is 27.8. The van der Waals surface area contributed by atoms with Gasteiger partial charge in [0.05, 0.1) is 12.4 Å². The van der Waals surface area contributed by atoms with Crippen LogP contribution >= 0.6 is 0 Å². The minimum Gasteiger partial charge on any atom is -0.459 e. The highest BCUT2D eigenvalue weighted by atomic mass is 16.5. The van der Waals surface area contributed by atoms with E-state index >= 15 is 0 Å². The monoisotopic (exact) mass is 299 g/mol. The Balaban J connectivity index is 1.96. The summed E-state index contributed by atoms with van der Waals surface area (Å²) in [7, 11) is 0.783. The number of rotatable bonds is 2. The van der Waals surface area contributed by atoms with Gasteiger partial charge in [0.2, 0.25) is 0 Å². The summed E-state index contributed by atoms with van der Waals surface area (Å²) in [5.74, 6) is -1.72. The largest absolute Gasteiger partial charge is 0.459 e. The number of carbonyl (C=O) groups excluding carboxylic acids is 1. The predicted octanol–water partition coefficient (Wildman–Crippen LogP) is 2.95. The Bertz CT molecular complexity index is 1280. The van der Waals surface area contributed by atoms with Crippen LogP contribution < -0.4 is 0 Å². The summed E-state index contributed by atoms with van der Waals surface area (Å²) in [5, 5.41) is -0.288. The molecular weight excluding hydrogens is 264 g/mol. The molecule has 0 saturated carbocycles. The van der Waals surface area contributed by atoms with Gasteiger partial charge in [0.25, 0.3) is 0 Å². The lowest BCUT2D eigenvalue weighted by molar-refractivity contribution is -0.000258. The number of carbonyl (C=O) groups is 1. The Morgan fingerprint density at radius 2 is 2.24 bits per heavy atom. The van der Waals surface area contributed by atoms with Crippen LogP contribution in [0.5, 0.6) is 0 Å². The van der Waals surface area contributed by atoms with Crippen molar-refractivity contribution < 1.29 is 30.1 Å². The SMILES string of the molecule is [2H]c1cc2c(C(=O)OC3([2H])C([2H])([2H])[C@]4([2H])N(C)[C@]([2H])(C3([2H])[2H])C([2H])([2H])C4([2H])[2H])c([2H])[nH]c2c([2H])c1[2H]. The number of nitrogens with zero attached hydrogens (tertiary/aromatic N) is 1. The number of aromatic amines is 1. The number of piperidine rings is 1. The zero-order valence-corrected chi connectivity index (χ0v) is 10.8. The van der Waals surface area contributed by atoms with Gasteiger partial charge in [0, 0.05) is 55.6 Å². The van der Waals surface area contributed by atoms with Crippen molar-refractivity contribution in [3.63, 3.8) is 0 Å². The van der Waals surface area contributed by atoms with Crippen LogP contribution in [-0.4, -0.2) is 41.0 Å². The highest BCUT2D eigenvalue weighted by Crippen LogP contribution is 2.35. The van der Waals surface area contributed by atoms with Crippen LogP contribution in [0.25, 0.3) is 10.9 Å². The first kappa shape index (κ1) is 4.59. The summed E-state index contributed by atoms with van der Waals surface area (Å²) < 4.78 is 129. The number of esters is 1. The third kappa shape index (κ3) is 2.14. The van der Waals surface area contributed by atoms with Crippen molar-refractivity contribution in [2.45, 2.75) is 43.6 Å². The number of nitrogens with one attached hydrogen (secondary N) is 1. The average molecular weight is 299 g/mol. The lowest BCUT2D eigenvalue weighted by Crippen LogP contribution is -2.43. The quantitative estimate of drug-likeness (QED) is 0.867. The molecule has 110 valence electrons. The molecule has 2 aliphatic heterocycles. The molecule has 1 aromatic carbocycles. The molecule has 2 fully saturated rings. The minimum atomic E-state index is -3.89. The summed E-state index contributed by atoms with van der Waals surface area (Å²) in [6.45, 7) is 0.